The van der Waals surface area contributed by atoms with Gasteiger partial charge in [0.05, 0.1) is 0 Å². The zero-order chi connectivity index (χ0) is 19.4. The topological polar surface area (TPSA) is 97.1 Å². The van der Waals surface area contributed by atoms with Crippen molar-refractivity contribution in [3.8, 4) is 0 Å². The van der Waals surface area contributed by atoms with Gasteiger partial charge in [0.1, 0.15) is 0 Å². The summed E-state index contributed by atoms with van der Waals surface area (Å²) in [7, 11) is 0. The molecule has 0 saturated heterocycles. The number of carbonyl (C=O) groups is 2. The first-order chi connectivity index (χ1) is 12.8. The average Bonchev–Trinajstić information content (AvgIpc) is 3.35. The summed E-state index contributed by atoms with van der Waals surface area (Å²) in [6.45, 7) is 6.43. The molecule has 0 radical (unpaired) electrons. The second kappa shape index (κ2) is 7.90. The summed E-state index contributed by atoms with van der Waals surface area (Å²) in [6.07, 6.45) is 2.63. The van der Waals surface area contributed by atoms with Crippen LogP contribution in [-0.2, 0) is 28.0 Å². The Balaban J connectivity index is 1.45. The summed E-state index contributed by atoms with van der Waals surface area (Å²) < 4.78 is 5.20. The van der Waals surface area contributed by atoms with Crippen LogP contribution >= 0.6 is 0 Å². The number of nitrogens with zero attached hydrogens (tertiary/aromatic N) is 2. The molecular weight excluding hydrogens is 344 g/mol. The molecule has 1 aromatic heterocycles. The number of benzene rings is 1. The van der Waals surface area contributed by atoms with Crippen molar-refractivity contribution in [3.63, 3.8) is 0 Å². The number of aromatic nitrogens is 2. The molecule has 3 rings (SSSR count). The van der Waals surface area contributed by atoms with Crippen LogP contribution in [0.5, 0.6) is 0 Å². The number of amides is 2. The Morgan fingerprint density at radius 2 is 2.04 bits per heavy atom. The lowest BCUT2D eigenvalue weighted by Gasteiger charge is -2.10. The zero-order valence-electron chi connectivity index (χ0n) is 16.0. The minimum Gasteiger partial charge on any atom is -0.352 e. The summed E-state index contributed by atoms with van der Waals surface area (Å²) in [5.41, 5.74) is 1.52. The molecule has 2 amide bonds. The summed E-state index contributed by atoms with van der Waals surface area (Å²) in [6, 6.07) is 7.53. The van der Waals surface area contributed by atoms with E-state index in [1.807, 2.05) is 45.0 Å². The Labute approximate surface area is 158 Å². The predicted octanol–water partition coefficient (Wildman–Crippen LogP) is 2.96. The van der Waals surface area contributed by atoms with Gasteiger partial charge in [0, 0.05) is 36.4 Å². The third-order valence-electron chi connectivity index (χ3n) is 4.34. The first-order valence-electron chi connectivity index (χ1n) is 9.31. The van der Waals surface area contributed by atoms with E-state index in [-0.39, 0.29) is 29.6 Å². The largest absolute Gasteiger partial charge is 0.352 e. The highest BCUT2D eigenvalue weighted by Gasteiger charge is 2.29. The van der Waals surface area contributed by atoms with Gasteiger partial charge in [-0.1, -0.05) is 38.1 Å². The van der Waals surface area contributed by atoms with E-state index in [0.29, 0.717) is 24.7 Å². The Morgan fingerprint density at radius 1 is 1.26 bits per heavy atom. The normalized spacial score (nSPS) is 14.0. The van der Waals surface area contributed by atoms with E-state index in [1.54, 1.807) is 0 Å². The van der Waals surface area contributed by atoms with Crippen LogP contribution in [-0.4, -0.2) is 22.0 Å². The Hall–Kier alpha value is -2.70. The van der Waals surface area contributed by atoms with Crippen molar-refractivity contribution in [1.82, 2.24) is 15.5 Å². The standard InChI is InChI=1S/C20H26N4O3/c1-20(2,3)19-23-17(27-24-19)10-9-16(25)21-12-13-5-4-6-15(11-13)22-18(26)14-7-8-14/h4-6,11,14H,7-10,12H2,1-3H3,(H,21,25)(H,22,26). The monoisotopic (exact) mass is 370 g/mol. The smallest absolute Gasteiger partial charge is 0.227 e. The average molecular weight is 370 g/mol. The van der Waals surface area contributed by atoms with E-state index < -0.39 is 0 Å². The van der Waals surface area contributed by atoms with Crippen LogP contribution in [0.1, 0.15) is 57.3 Å². The molecule has 1 heterocycles. The molecule has 27 heavy (non-hydrogen) atoms. The fourth-order valence-electron chi connectivity index (χ4n) is 2.52. The van der Waals surface area contributed by atoms with Crippen molar-refractivity contribution in [2.24, 2.45) is 5.92 Å². The zero-order valence-corrected chi connectivity index (χ0v) is 16.0. The number of hydrogen-bond donors (Lipinski definition) is 2. The summed E-state index contributed by atoms with van der Waals surface area (Å²) in [5.74, 6) is 1.27. The van der Waals surface area contributed by atoms with E-state index in [0.717, 1.165) is 24.1 Å². The maximum atomic E-state index is 12.1. The van der Waals surface area contributed by atoms with Crippen LogP contribution in [0.25, 0.3) is 0 Å². The summed E-state index contributed by atoms with van der Waals surface area (Å²) >= 11 is 0. The van der Waals surface area contributed by atoms with Gasteiger partial charge in [-0.15, -0.1) is 0 Å². The highest BCUT2D eigenvalue weighted by molar-refractivity contribution is 5.94. The van der Waals surface area contributed by atoms with E-state index in [9.17, 15) is 9.59 Å². The molecule has 2 aromatic rings. The van der Waals surface area contributed by atoms with Gasteiger partial charge >= 0.3 is 0 Å². The van der Waals surface area contributed by atoms with Gasteiger partial charge in [-0.3, -0.25) is 9.59 Å². The lowest BCUT2D eigenvalue weighted by Crippen LogP contribution is -2.23. The molecular formula is C20H26N4O3. The van der Waals surface area contributed by atoms with Gasteiger partial charge in [-0.2, -0.15) is 4.98 Å². The van der Waals surface area contributed by atoms with Crippen molar-refractivity contribution in [2.45, 2.75) is 58.4 Å². The minimum absolute atomic E-state index is 0.0744. The van der Waals surface area contributed by atoms with Crippen molar-refractivity contribution in [3.05, 3.63) is 41.5 Å². The van der Waals surface area contributed by atoms with E-state index in [4.69, 9.17) is 4.52 Å². The molecule has 0 aliphatic heterocycles. The SMILES string of the molecule is CC(C)(C)c1noc(CCC(=O)NCc2cccc(NC(=O)C3CC3)c2)n1. The first-order valence-corrected chi connectivity index (χ1v) is 9.31. The number of anilines is 1. The third kappa shape index (κ3) is 5.64. The molecule has 7 nitrogen and oxygen atoms in total. The fourth-order valence-corrected chi connectivity index (χ4v) is 2.52. The molecule has 7 heteroatoms. The second-order valence-corrected chi connectivity index (χ2v) is 8.00. The van der Waals surface area contributed by atoms with Crippen LogP contribution in [0, 0.1) is 5.92 Å². The molecule has 1 saturated carbocycles. The number of nitrogens with one attached hydrogen (secondary N) is 2. The van der Waals surface area contributed by atoms with Crippen molar-refractivity contribution in [2.75, 3.05) is 5.32 Å². The maximum Gasteiger partial charge on any atom is 0.227 e. The Kier molecular flexibility index (Phi) is 5.58. The number of rotatable bonds is 7. The highest BCUT2D eigenvalue weighted by Crippen LogP contribution is 2.30. The van der Waals surface area contributed by atoms with Crippen molar-refractivity contribution >= 4 is 17.5 Å². The summed E-state index contributed by atoms with van der Waals surface area (Å²) in [4.78, 5) is 28.3. The Morgan fingerprint density at radius 3 is 2.70 bits per heavy atom. The predicted molar refractivity (Wildman–Crippen MR) is 101 cm³/mol. The number of aryl methyl sites for hydroxylation is 1. The summed E-state index contributed by atoms with van der Waals surface area (Å²) in [5, 5.41) is 9.75. The van der Waals surface area contributed by atoms with Crippen LogP contribution < -0.4 is 10.6 Å². The molecule has 1 aliphatic carbocycles. The molecule has 0 atom stereocenters. The van der Waals surface area contributed by atoms with Crippen LogP contribution in [0.15, 0.2) is 28.8 Å². The molecule has 2 N–H and O–H groups in total. The molecule has 1 aromatic carbocycles. The number of carbonyl (C=O) groups excluding carboxylic acids is 2. The van der Waals surface area contributed by atoms with E-state index in [1.165, 1.54) is 0 Å². The van der Waals surface area contributed by atoms with E-state index in [2.05, 4.69) is 20.8 Å². The van der Waals surface area contributed by atoms with Gasteiger partial charge in [-0.05, 0) is 30.5 Å². The van der Waals surface area contributed by atoms with Crippen LogP contribution in [0.3, 0.4) is 0 Å². The lowest BCUT2D eigenvalue weighted by molar-refractivity contribution is -0.121. The van der Waals surface area contributed by atoms with Gasteiger partial charge in [0.25, 0.3) is 0 Å². The third-order valence-corrected chi connectivity index (χ3v) is 4.34. The van der Waals surface area contributed by atoms with Gasteiger partial charge in [0.15, 0.2) is 5.82 Å². The maximum absolute atomic E-state index is 12.1. The van der Waals surface area contributed by atoms with Crippen molar-refractivity contribution in [1.29, 1.82) is 0 Å². The minimum atomic E-state index is -0.177. The first kappa shape index (κ1) is 19.1. The quantitative estimate of drug-likeness (QED) is 0.781. The molecule has 0 bridgehead atoms. The lowest BCUT2D eigenvalue weighted by atomic mass is 9.96. The highest BCUT2D eigenvalue weighted by atomic mass is 16.5. The van der Waals surface area contributed by atoms with Crippen LogP contribution in [0.2, 0.25) is 0 Å². The van der Waals surface area contributed by atoms with Gasteiger partial charge in [0.2, 0.25) is 17.7 Å². The second-order valence-electron chi connectivity index (χ2n) is 8.00. The molecule has 144 valence electrons. The van der Waals surface area contributed by atoms with Crippen LogP contribution in [0.4, 0.5) is 5.69 Å². The molecule has 1 fully saturated rings. The van der Waals surface area contributed by atoms with Gasteiger partial charge < -0.3 is 15.2 Å². The van der Waals surface area contributed by atoms with Crippen molar-refractivity contribution < 1.29 is 14.1 Å². The van der Waals surface area contributed by atoms with Gasteiger partial charge in [-0.25, -0.2) is 0 Å². The number of hydrogen-bond acceptors (Lipinski definition) is 5. The van der Waals surface area contributed by atoms with E-state index >= 15 is 0 Å². The molecule has 1 aliphatic rings. The Bertz CT molecular complexity index is 819. The molecule has 0 spiro atoms. The fraction of sp³-hybridized carbons (Fsp3) is 0.500. The molecule has 0 unspecified atom stereocenters.